The van der Waals surface area contributed by atoms with Crippen LogP contribution in [0.1, 0.15) is 100 Å². The maximum absolute atomic E-state index is 14.4. The van der Waals surface area contributed by atoms with Crippen LogP contribution in [0, 0.1) is 17.8 Å². The summed E-state index contributed by atoms with van der Waals surface area (Å²) < 4.78 is 38.0. The van der Waals surface area contributed by atoms with E-state index in [1.165, 1.54) is 14.0 Å². The molecule has 3 saturated heterocycles. The zero-order chi connectivity index (χ0) is 45.8. The highest BCUT2D eigenvalue weighted by Gasteiger charge is 2.53. The Morgan fingerprint density at radius 1 is 0.984 bits per heavy atom. The van der Waals surface area contributed by atoms with E-state index in [0.29, 0.717) is 24.6 Å². The van der Waals surface area contributed by atoms with E-state index in [0.717, 1.165) is 5.56 Å². The number of ether oxygens (including phenoxy) is 6. The molecule has 3 fully saturated rings. The van der Waals surface area contributed by atoms with Crippen LogP contribution in [-0.2, 0) is 39.8 Å². The minimum Gasteiger partial charge on any atom is -0.459 e. The molecule has 4 rings (SSSR count). The molecule has 3 heterocycles. The van der Waals surface area contributed by atoms with Gasteiger partial charge in [0.05, 0.1) is 47.6 Å². The van der Waals surface area contributed by atoms with E-state index < -0.39 is 102 Å². The van der Waals surface area contributed by atoms with Crippen LogP contribution in [0.4, 0.5) is 0 Å². The van der Waals surface area contributed by atoms with Gasteiger partial charge in [-0.2, -0.15) is 0 Å². The summed E-state index contributed by atoms with van der Waals surface area (Å²) in [7, 11) is 5.16. The third kappa shape index (κ3) is 12.2. The number of carbonyl (C=O) groups excluding carboxylic acids is 1. The molecule has 0 aromatic heterocycles. The molecule has 0 amide bonds. The van der Waals surface area contributed by atoms with Crippen molar-refractivity contribution in [2.75, 3.05) is 27.7 Å². The summed E-state index contributed by atoms with van der Waals surface area (Å²) >= 11 is 5.80. The fourth-order valence-electron chi connectivity index (χ4n) is 9.66. The largest absolute Gasteiger partial charge is 0.459 e. The molecule has 350 valence electrons. The molecule has 0 bridgehead atoms. The van der Waals surface area contributed by atoms with Crippen molar-refractivity contribution >= 4 is 23.3 Å². The molecule has 1 unspecified atom stereocenters. The first kappa shape index (κ1) is 51.6. The summed E-state index contributed by atoms with van der Waals surface area (Å²) in [5.74, 6) is -2.76. The van der Waals surface area contributed by atoms with Crippen molar-refractivity contribution in [3.8, 4) is 0 Å². The summed E-state index contributed by atoms with van der Waals surface area (Å²) in [5, 5.41) is 63.0. The third-order valence-electron chi connectivity index (χ3n) is 13.6. The highest BCUT2D eigenvalue weighted by molar-refractivity contribution is 7.80. The Morgan fingerprint density at radius 2 is 1.62 bits per heavy atom. The average molecular weight is 884 g/mol. The van der Waals surface area contributed by atoms with E-state index in [2.05, 4.69) is 5.32 Å². The second kappa shape index (κ2) is 21.3. The minimum atomic E-state index is -1.83. The van der Waals surface area contributed by atoms with E-state index in [-0.39, 0.29) is 31.3 Å². The number of hydrogen-bond donors (Lipinski definition) is 6. The molecule has 16 heteroatoms. The molecule has 0 aliphatic carbocycles. The smallest absolute Gasteiger partial charge is 0.311 e. The number of carbonyl (C=O) groups is 1. The molecule has 3 aliphatic rings. The molecule has 18 atom stereocenters. The SMILES string of the molecule is CCC1OC(=O)[C@H](C)[C@@H](O[C@H]2C[C@@](C)(OC)[C@@H](O)[C@H](C)O2)[C@H](C)[C@@H](O[C@@H]2O[C@H](C)C[C@H](N(C)C(=S)NCc3ccccc3)[C@H]2O)[C@](C)(O)C[C@@H](C)CN(C)[C@H](C)[C@@H](O)[C@]1(C)O. The molecule has 6 N–H and O–H groups in total. The van der Waals surface area contributed by atoms with Crippen LogP contribution in [0.15, 0.2) is 30.3 Å². The average Bonchev–Trinajstić information content (AvgIpc) is 3.21. The van der Waals surface area contributed by atoms with Crippen LogP contribution >= 0.6 is 12.2 Å². The van der Waals surface area contributed by atoms with Crippen molar-refractivity contribution in [3.05, 3.63) is 35.9 Å². The lowest BCUT2D eigenvalue weighted by Crippen LogP contribution is -2.61. The van der Waals surface area contributed by atoms with Gasteiger partial charge in [-0.15, -0.1) is 0 Å². The Labute approximate surface area is 369 Å². The number of nitrogens with zero attached hydrogens (tertiary/aromatic N) is 2. The number of hydrogen-bond acceptors (Lipinski definition) is 14. The van der Waals surface area contributed by atoms with Crippen molar-refractivity contribution in [2.45, 2.75) is 192 Å². The van der Waals surface area contributed by atoms with Gasteiger partial charge in [-0.25, -0.2) is 0 Å². The first-order valence-corrected chi connectivity index (χ1v) is 22.4. The Bertz CT molecular complexity index is 1560. The number of cyclic esters (lactones) is 1. The predicted molar refractivity (Wildman–Crippen MR) is 234 cm³/mol. The van der Waals surface area contributed by atoms with Gasteiger partial charge in [0.15, 0.2) is 17.7 Å². The topological polar surface area (TPSA) is 192 Å². The third-order valence-corrected chi connectivity index (χ3v) is 14.1. The summed E-state index contributed by atoms with van der Waals surface area (Å²) in [6.07, 6.45) is -9.12. The minimum absolute atomic E-state index is 0.107. The predicted octanol–water partition coefficient (Wildman–Crippen LogP) is 3.35. The van der Waals surface area contributed by atoms with Crippen LogP contribution in [-0.4, -0.2) is 164 Å². The van der Waals surface area contributed by atoms with E-state index in [1.54, 1.807) is 41.5 Å². The highest BCUT2D eigenvalue weighted by Crippen LogP contribution is 2.40. The molecule has 15 nitrogen and oxygen atoms in total. The number of methoxy groups -OCH3 is 1. The van der Waals surface area contributed by atoms with Gasteiger partial charge in [-0.3, -0.25) is 4.79 Å². The molecule has 61 heavy (non-hydrogen) atoms. The molecule has 1 aromatic rings. The van der Waals surface area contributed by atoms with Gasteiger partial charge in [0.25, 0.3) is 0 Å². The molecule has 0 saturated carbocycles. The van der Waals surface area contributed by atoms with Crippen molar-refractivity contribution in [3.63, 3.8) is 0 Å². The Hall–Kier alpha value is -2.06. The lowest BCUT2D eigenvalue weighted by Gasteiger charge is -2.49. The molecule has 3 aliphatic heterocycles. The summed E-state index contributed by atoms with van der Waals surface area (Å²) in [4.78, 5) is 18.1. The Balaban J connectivity index is 1.76. The molecule has 1 aromatic carbocycles. The number of thiocarbonyl (C=S) groups is 1. The molecular formula is C45H77N3O12S. The standard InChI is InChI=1S/C45H77N3O12S/c1-14-33-45(10,54)37(50)29(6)47(11)24-25(2)21-43(8,53)39(27(4)36(28(5)40(52)58-33)59-34-22-44(9,55-13)38(51)30(7)57-34)60-41-35(49)32(20-26(3)56-41)48(12)42(61)46-23-31-18-16-15-17-19-31/h15-19,25-30,32-39,41,49-51,53-54H,14,20-24H2,1-13H3,(H,46,61)/t25-,26-,27+,28-,29-,30+,32+,33?,34+,35-,36+,37-,38+,39-,41+,43-,44-,45-/m1/s1. The molecular weight excluding hydrogens is 807 g/mol. The van der Waals surface area contributed by atoms with Crippen molar-refractivity contribution < 1.29 is 58.7 Å². The van der Waals surface area contributed by atoms with E-state index in [1.807, 2.05) is 75.0 Å². The maximum Gasteiger partial charge on any atom is 0.311 e. The number of nitrogens with one attached hydrogen (secondary N) is 1. The number of likely N-dealkylation sites (N-methyl/N-ethyl adjacent to an activating group) is 2. The van der Waals surface area contributed by atoms with E-state index >= 15 is 0 Å². The van der Waals surface area contributed by atoms with E-state index in [4.69, 9.17) is 40.6 Å². The fraction of sp³-hybridized carbons (Fsp3) is 0.822. The fourth-order valence-corrected chi connectivity index (χ4v) is 9.86. The lowest BCUT2D eigenvalue weighted by atomic mass is 9.77. The Kier molecular flexibility index (Phi) is 18.0. The monoisotopic (exact) mass is 884 g/mol. The van der Waals surface area contributed by atoms with E-state index in [9.17, 15) is 30.3 Å². The van der Waals surface area contributed by atoms with Gasteiger partial charge in [-0.1, -0.05) is 51.1 Å². The highest BCUT2D eigenvalue weighted by atomic mass is 32.1. The zero-order valence-corrected chi connectivity index (χ0v) is 39.5. The van der Waals surface area contributed by atoms with Crippen LogP contribution in [0.2, 0.25) is 0 Å². The van der Waals surface area contributed by atoms with Gasteiger partial charge in [0.1, 0.15) is 30.0 Å². The van der Waals surface area contributed by atoms with Gasteiger partial charge in [0.2, 0.25) is 0 Å². The number of aliphatic hydroxyl groups is 5. The number of esters is 1. The van der Waals surface area contributed by atoms with Crippen LogP contribution < -0.4 is 5.32 Å². The number of rotatable bonds is 9. The van der Waals surface area contributed by atoms with Crippen LogP contribution in [0.25, 0.3) is 0 Å². The second-order valence-electron chi connectivity index (χ2n) is 19.0. The van der Waals surface area contributed by atoms with Crippen molar-refractivity contribution in [1.29, 1.82) is 0 Å². The van der Waals surface area contributed by atoms with Gasteiger partial charge < -0.3 is 69.1 Å². The first-order chi connectivity index (χ1) is 28.4. The first-order valence-electron chi connectivity index (χ1n) is 22.0. The van der Waals surface area contributed by atoms with Gasteiger partial charge in [0, 0.05) is 45.6 Å². The summed E-state index contributed by atoms with van der Waals surface area (Å²) in [6, 6.07) is 8.77. The number of benzene rings is 1. The summed E-state index contributed by atoms with van der Waals surface area (Å²) in [6.45, 7) is 18.4. The van der Waals surface area contributed by atoms with Crippen molar-refractivity contribution in [1.82, 2.24) is 15.1 Å². The maximum atomic E-state index is 14.4. The second-order valence-corrected chi connectivity index (χ2v) is 19.3. The summed E-state index contributed by atoms with van der Waals surface area (Å²) in [5.41, 5.74) is -3.45. The van der Waals surface area contributed by atoms with Gasteiger partial charge in [-0.05, 0) is 98.5 Å². The molecule has 0 radical (unpaired) electrons. The Morgan fingerprint density at radius 3 is 2.23 bits per heavy atom. The van der Waals surface area contributed by atoms with Gasteiger partial charge >= 0.3 is 5.97 Å². The molecule has 0 spiro atoms. The lowest BCUT2D eigenvalue weighted by molar-refractivity contribution is -0.317. The van der Waals surface area contributed by atoms with Crippen LogP contribution in [0.5, 0.6) is 0 Å². The van der Waals surface area contributed by atoms with Crippen molar-refractivity contribution in [2.24, 2.45) is 17.8 Å². The van der Waals surface area contributed by atoms with Crippen LogP contribution in [0.3, 0.4) is 0 Å². The number of aliphatic hydroxyl groups excluding tert-OH is 3. The quantitative estimate of drug-likeness (QED) is 0.156. The normalized spacial score (nSPS) is 43.7. The zero-order valence-electron chi connectivity index (χ0n) is 38.7.